The molecule has 94 valence electrons. The number of carbonyl (C=O) groups excluding carboxylic acids is 1. The van der Waals surface area contributed by atoms with Gasteiger partial charge in [-0.1, -0.05) is 12.1 Å². The standard InChI is InChI=1S/C12H14N4O2/c1-16-11(7-8-13-16)15-12(17)14-9-5-3-4-6-10(9)18-2/h3-8H,1-2H3,(H2,14,15,17). The number of carbonyl (C=O) groups is 1. The maximum Gasteiger partial charge on any atom is 0.324 e. The first-order chi connectivity index (χ1) is 8.70. The minimum atomic E-state index is -0.344. The van der Waals surface area contributed by atoms with Crippen LogP contribution in [0.25, 0.3) is 0 Å². The Kier molecular flexibility index (Phi) is 3.47. The van der Waals surface area contributed by atoms with Crippen LogP contribution in [0.5, 0.6) is 5.75 Å². The molecule has 0 spiro atoms. The third-order valence-electron chi connectivity index (χ3n) is 2.42. The van der Waals surface area contributed by atoms with Crippen molar-refractivity contribution in [3.8, 4) is 5.75 Å². The Bertz CT molecular complexity index is 551. The fraction of sp³-hybridized carbons (Fsp3) is 0.167. The summed E-state index contributed by atoms with van der Waals surface area (Å²) < 4.78 is 6.72. The number of amides is 2. The summed E-state index contributed by atoms with van der Waals surface area (Å²) >= 11 is 0. The molecular formula is C12H14N4O2. The summed E-state index contributed by atoms with van der Waals surface area (Å²) in [5.74, 6) is 1.22. The average Bonchev–Trinajstić information content (AvgIpc) is 2.75. The van der Waals surface area contributed by atoms with Crippen molar-refractivity contribution in [2.75, 3.05) is 17.7 Å². The monoisotopic (exact) mass is 246 g/mol. The minimum absolute atomic E-state index is 0.344. The molecule has 2 amide bonds. The fourth-order valence-electron chi connectivity index (χ4n) is 1.51. The number of benzene rings is 1. The molecule has 0 saturated carbocycles. The number of aryl methyl sites for hydroxylation is 1. The zero-order valence-electron chi connectivity index (χ0n) is 10.2. The summed E-state index contributed by atoms with van der Waals surface area (Å²) in [6.45, 7) is 0. The number of hydrogen-bond acceptors (Lipinski definition) is 3. The second-order valence-electron chi connectivity index (χ2n) is 3.62. The van der Waals surface area contributed by atoms with Gasteiger partial charge >= 0.3 is 6.03 Å². The van der Waals surface area contributed by atoms with Crippen molar-refractivity contribution in [3.63, 3.8) is 0 Å². The molecule has 2 N–H and O–H groups in total. The number of nitrogens with one attached hydrogen (secondary N) is 2. The third kappa shape index (κ3) is 2.60. The Hall–Kier alpha value is -2.50. The summed E-state index contributed by atoms with van der Waals surface area (Å²) in [6.07, 6.45) is 1.61. The molecule has 18 heavy (non-hydrogen) atoms. The van der Waals surface area contributed by atoms with Gasteiger partial charge < -0.3 is 10.1 Å². The van der Waals surface area contributed by atoms with Gasteiger partial charge in [-0.25, -0.2) is 4.79 Å². The van der Waals surface area contributed by atoms with E-state index in [4.69, 9.17) is 4.74 Å². The van der Waals surface area contributed by atoms with Crippen LogP contribution >= 0.6 is 0 Å². The van der Waals surface area contributed by atoms with Crippen LogP contribution in [0, 0.1) is 0 Å². The molecule has 6 heteroatoms. The number of aromatic nitrogens is 2. The molecule has 1 aromatic heterocycles. The molecule has 0 fully saturated rings. The molecule has 0 unspecified atom stereocenters. The van der Waals surface area contributed by atoms with E-state index in [2.05, 4.69) is 15.7 Å². The maximum absolute atomic E-state index is 11.8. The second kappa shape index (κ2) is 5.22. The first-order valence-electron chi connectivity index (χ1n) is 5.39. The van der Waals surface area contributed by atoms with Crippen molar-refractivity contribution in [1.29, 1.82) is 0 Å². The van der Waals surface area contributed by atoms with Crippen LogP contribution in [0.3, 0.4) is 0 Å². The Morgan fingerprint density at radius 3 is 2.72 bits per heavy atom. The van der Waals surface area contributed by atoms with Crippen molar-refractivity contribution in [1.82, 2.24) is 9.78 Å². The molecule has 0 aliphatic carbocycles. The highest BCUT2D eigenvalue weighted by atomic mass is 16.5. The molecule has 2 aromatic rings. The van der Waals surface area contributed by atoms with Gasteiger partial charge in [0, 0.05) is 13.1 Å². The molecule has 2 rings (SSSR count). The van der Waals surface area contributed by atoms with Gasteiger partial charge in [-0.3, -0.25) is 10.00 Å². The lowest BCUT2D eigenvalue weighted by atomic mass is 10.3. The number of para-hydroxylation sites is 2. The highest BCUT2D eigenvalue weighted by molar-refractivity contribution is 6.00. The lowest BCUT2D eigenvalue weighted by molar-refractivity contribution is 0.262. The van der Waals surface area contributed by atoms with Crippen LogP contribution in [-0.4, -0.2) is 22.9 Å². The van der Waals surface area contributed by atoms with Crippen LogP contribution < -0.4 is 15.4 Å². The molecule has 1 aromatic carbocycles. The predicted molar refractivity (Wildman–Crippen MR) is 68.8 cm³/mol. The second-order valence-corrected chi connectivity index (χ2v) is 3.62. The lowest BCUT2D eigenvalue weighted by Gasteiger charge is -2.10. The molecule has 0 bridgehead atoms. The van der Waals surface area contributed by atoms with Crippen molar-refractivity contribution >= 4 is 17.5 Å². The molecule has 0 aliphatic rings. The van der Waals surface area contributed by atoms with Crippen molar-refractivity contribution in [2.45, 2.75) is 0 Å². The van der Waals surface area contributed by atoms with E-state index < -0.39 is 0 Å². The lowest BCUT2D eigenvalue weighted by Crippen LogP contribution is -2.21. The molecule has 0 radical (unpaired) electrons. The zero-order valence-corrected chi connectivity index (χ0v) is 10.2. The van der Waals surface area contributed by atoms with Crippen LogP contribution in [0.2, 0.25) is 0 Å². The SMILES string of the molecule is COc1ccccc1NC(=O)Nc1ccnn1C. The van der Waals surface area contributed by atoms with E-state index in [9.17, 15) is 4.79 Å². The molecule has 1 heterocycles. The Morgan fingerprint density at radius 2 is 2.06 bits per heavy atom. The largest absolute Gasteiger partial charge is 0.495 e. The fourth-order valence-corrected chi connectivity index (χ4v) is 1.51. The summed E-state index contributed by atoms with van der Waals surface area (Å²) in [4.78, 5) is 11.8. The number of urea groups is 1. The van der Waals surface area contributed by atoms with Gasteiger partial charge in [0.1, 0.15) is 11.6 Å². The molecule has 0 aliphatic heterocycles. The third-order valence-corrected chi connectivity index (χ3v) is 2.42. The Labute approximate surface area is 105 Å². The van der Waals surface area contributed by atoms with Gasteiger partial charge in [0.25, 0.3) is 0 Å². The summed E-state index contributed by atoms with van der Waals surface area (Å²) in [5.41, 5.74) is 0.611. The summed E-state index contributed by atoms with van der Waals surface area (Å²) in [7, 11) is 3.30. The molecule has 0 atom stereocenters. The Balaban J connectivity index is 2.05. The minimum Gasteiger partial charge on any atom is -0.495 e. The summed E-state index contributed by atoms with van der Waals surface area (Å²) in [6, 6.07) is 8.57. The molecular weight excluding hydrogens is 232 g/mol. The van der Waals surface area contributed by atoms with Crippen LogP contribution in [0.1, 0.15) is 0 Å². The highest BCUT2D eigenvalue weighted by Gasteiger charge is 2.08. The van der Waals surface area contributed by atoms with Gasteiger partial charge in [0.15, 0.2) is 0 Å². The first-order valence-corrected chi connectivity index (χ1v) is 5.39. The Morgan fingerprint density at radius 1 is 1.28 bits per heavy atom. The van der Waals surface area contributed by atoms with Gasteiger partial charge in [0.2, 0.25) is 0 Å². The predicted octanol–water partition coefficient (Wildman–Crippen LogP) is 2.07. The number of methoxy groups -OCH3 is 1. The van der Waals surface area contributed by atoms with E-state index in [1.165, 1.54) is 0 Å². The first kappa shape index (κ1) is 12.0. The van der Waals surface area contributed by atoms with E-state index >= 15 is 0 Å². The average molecular weight is 246 g/mol. The zero-order chi connectivity index (χ0) is 13.0. The number of hydrogen-bond donors (Lipinski definition) is 2. The number of nitrogens with zero attached hydrogens (tertiary/aromatic N) is 2. The van der Waals surface area contributed by atoms with E-state index in [0.717, 1.165) is 0 Å². The van der Waals surface area contributed by atoms with Crippen molar-refractivity contribution in [3.05, 3.63) is 36.5 Å². The number of rotatable bonds is 3. The van der Waals surface area contributed by atoms with Crippen LogP contribution in [0.15, 0.2) is 36.5 Å². The van der Waals surface area contributed by atoms with Crippen molar-refractivity contribution in [2.24, 2.45) is 7.05 Å². The van der Waals surface area contributed by atoms with Crippen LogP contribution in [-0.2, 0) is 7.05 Å². The molecule has 6 nitrogen and oxygen atoms in total. The number of anilines is 2. The topological polar surface area (TPSA) is 68.2 Å². The van der Waals surface area contributed by atoms with E-state index in [0.29, 0.717) is 17.3 Å². The van der Waals surface area contributed by atoms with E-state index in [-0.39, 0.29) is 6.03 Å². The van der Waals surface area contributed by atoms with E-state index in [1.54, 1.807) is 43.2 Å². The summed E-state index contributed by atoms with van der Waals surface area (Å²) in [5, 5.41) is 9.36. The van der Waals surface area contributed by atoms with E-state index in [1.807, 2.05) is 12.1 Å². The highest BCUT2D eigenvalue weighted by Crippen LogP contribution is 2.23. The van der Waals surface area contributed by atoms with Crippen molar-refractivity contribution < 1.29 is 9.53 Å². The normalized spacial score (nSPS) is 9.89. The molecule has 0 saturated heterocycles. The number of ether oxygens (including phenoxy) is 1. The van der Waals surface area contributed by atoms with Crippen LogP contribution in [0.4, 0.5) is 16.3 Å². The quantitative estimate of drug-likeness (QED) is 0.871. The van der Waals surface area contributed by atoms with Gasteiger partial charge in [-0.15, -0.1) is 0 Å². The van der Waals surface area contributed by atoms with Gasteiger partial charge in [-0.05, 0) is 12.1 Å². The maximum atomic E-state index is 11.8. The van der Waals surface area contributed by atoms with Gasteiger partial charge in [-0.2, -0.15) is 5.10 Å². The van der Waals surface area contributed by atoms with Gasteiger partial charge in [0.05, 0.1) is 19.0 Å². The smallest absolute Gasteiger partial charge is 0.324 e.